The van der Waals surface area contributed by atoms with Gasteiger partial charge in [-0.1, -0.05) is 11.6 Å². The molecule has 2 amide bonds. The molecular weight excluding hydrogens is 406 g/mol. The van der Waals surface area contributed by atoms with Crippen molar-refractivity contribution in [2.24, 2.45) is 0 Å². The molecular formula is C18H24ClN3O5S. The van der Waals surface area contributed by atoms with E-state index >= 15 is 0 Å². The Labute approximate surface area is 169 Å². The topological polar surface area (TPSA) is 96.0 Å². The summed E-state index contributed by atoms with van der Waals surface area (Å²) in [5, 5.41) is 3.07. The minimum absolute atomic E-state index is 0.0565. The molecule has 0 unspecified atom stereocenters. The molecule has 0 saturated carbocycles. The maximum atomic E-state index is 12.7. The van der Waals surface area contributed by atoms with Crippen LogP contribution in [0, 0.1) is 0 Å². The average molecular weight is 430 g/mol. The minimum atomic E-state index is -3.18. The Kier molecular flexibility index (Phi) is 6.47. The lowest BCUT2D eigenvalue weighted by Crippen LogP contribution is -2.41. The Hall–Kier alpha value is -1.84. The van der Waals surface area contributed by atoms with E-state index in [2.05, 4.69) is 5.32 Å². The summed E-state index contributed by atoms with van der Waals surface area (Å²) in [6.07, 6.45) is 2.53. The molecule has 2 fully saturated rings. The molecule has 8 nitrogen and oxygen atoms in total. The van der Waals surface area contributed by atoms with Crippen LogP contribution in [-0.4, -0.2) is 74.5 Å². The molecule has 2 aliphatic rings. The lowest BCUT2D eigenvalue weighted by Gasteiger charge is -2.30. The van der Waals surface area contributed by atoms with Crippen LogP contribution in [0.15, 0.2) is 18.2 Å². The van der Waals surface area contributed by atoms with Gasteiger partial charge >= 0.3 is 0 Å². The number of nitrogens with zero attached hydrogens (tertiary/aromatic N) is 2. The van der Waals surface area contributed by atoms with E-state index in [0.717, 1.165) is 0 Å². The monoisotopic (exact) mass is 429 g/mol. The van der Waals surface area contributed by atoms with Crippen molar-refractivity contribution in [2.75, 3.05) is 39.0 Å². The summed E-state index contributed by atoms with van der Waals surface area (Å²) in [5.41, 5.74) is 0.443. The quantitative estimate of drug-likeness (QED) is 0.773. The van der Waals surface area contributed by atoms with E-state index in [0.29, 0.717) is 61.9 Å². The van der Waals surface area contributed by atoms with Gasteiger partial charge in [-0.3, -0.25) is 9.59 Å². The predicted octanol–water partition coefficient (Wildman–Crippen LogP) is 1.10. The first kappa shape index (κ1) is 20.9. The number of amides is 2. The molecule has 3 rings (SSSR count). The van der Waals surface area contributed by atoms with Gasteiger partial charge in [-0.15, -0.1) is 0 Å². The Balaban J connectivity index is 1.61. The van der Waals surface area contributed by atoms with Crippen molar-refractivity contribution in [2.45, 2.75) is 25.4 Å². The van der Waals surface area contributed by atoms with Gasteiger partial charge in [0.1, 0.15) is 11.9 Å². The standard InChI is InChI=1S/C18H24ClN3O5S/c1-28(25,26)22-9-4-14(5-10-22)27-16-3-2-13(12-15(16)19)18(24)21-8-6-17(23)20-7-11-21/h2-3,12,14H,4-11H2,1H3,(H,20,23). The van der Waals surface area contributed by atoms with E-state index in [1.165, 1.54) is 10.6 Å². The highest BCUT2D eigenvalue weighted by molar-refractivity contribution is 7.88. The highest BCUT2D eigenvalue weighted by atomic mass is 35.5. The smallest absolute Gasteiger partial charge is 0.253 e. The van der Waals surface area contributed by atoms with Crippen LogP contribution in [0.1, 0.15) is 29.6 Å². The number of ether oxygens (including phenoxy) is 1. The summed E-state index contributed by atoms with van der Waals surface area (Å²) in [6, 6.07) is 4.90. The van der Waals surface area contributed by atoms with Crippen LogP contribution < -0.4 is 10.1 Å². The molecule has 10 heteroatoms. The molecule has 2 aliphatic heterocycles. The molecule has 0 aromatic heterocycles. The summed E-state index contributed by atoms with van der Waals surface area (Å²) >= 11 is 6.32. The number of benzene rings is 1. The van der Waals surface area contributed by atoms with Gasteiger partial charge in [0, 0.05) is 44.7 Å². The molecule has 0 spiro atoms. The molecule has 1 aromatic carbocycles. The number of halogens is 1. The first-order chi connectivity index (χ1) is 13.2. The molecule has 2 saturated heterocycles. The van der Waals surface area contributed by atoms with Crippen molar-refractivity contribution in [3.63, 3.8) is 0 Å². The zero-order valence-electron chi connectivity index (χ0n) is 15.7. The van der Waals surface area contributed by atoms with Crippen LogP contribution in [0.4, 0.5) is 0 Å². The molecule has 154 valence electrons. The molecule has 28 heavy (non-hydrogen) atoms. The molecule has 0 bridgehead atoms. The van der Waals surface area contributed by atoms with Crippen molar-refractivity contribution in [1.29, 1.82) is 0 Å². The van der Waals surface area contributed by atoms with Crippen LogP contribution in [0.5, 0.6) is 5.75 Å². The van der Waals surface area contributed by atoms with Gasteiger partial charge in [-0.25, -0.2) is 12.7 Å². The van der Waals surface area contributed by atoms with Gasteiger partial charge in [-0.05, 0) is 31.0 Å². The second-order valence-corrected chi connectivity index (χ2v) is 9.41. The largest absolute Gasteiger partial charge is 0.489 e. The summed E-state index contributed by atoms with van der Waals surface area (Å²) in [7, 11) is -3.18. The summed E-state index contributed by atoms with van der Waals surface area (Å²) in [5.74, 6) is 0.245. The van der Waals surface area contributed by atoms with Gasteiger partial charge in [0.05, 0.1) is 11.3 Å². The minimum Gasteiger partial charge on any atom is -0.489 e. The van der Waals surface area contributed by atoms with Crippen LogP contribution in [0.2, 0.25) is 5.02 Å². The second kappa shape index (κ2) is 8.67. The fourth-order valence-electron chi connectivity index (χ4n) is 3.34. The van der Waals surface area contributed by atoms with E-state index < -0.39 is 10.0 Å². The van der Waals surface area contributed by atoms with E-state index in [1.54, 1.807) is 23.1 Å². The third-order valence-corrected chi connectivity index (χ3v) is 6.54. The number of hydrogen-bond donors (Lipinski definition) is 1. The lowest BCUT2D eigenvalue weighted by molar-refractivity contribution is -0.120. The average Bonchev–Trinajstić information content (AvgIpc) is 2.87. The number of nitrogens with one attached hydrogen (secondary N) is 1. The van der Waals surface area contributed by atoms with Gasteiger partial charge in [0.2, 0.25) is 15.9 Å². The normalized spacial score (nSPS) is 19.8. The Morgan fingerprint density at radius 1 is 1.21 bits per heavy atom. The Morgan fingerprint density at radius 3 is 2.57 bits per heavy atom. The number of piperidine rings is 1. The number of rotatable bonds is 4. The van der Waals surface area contributed by atoms with Crippen molar-refractivity contribution in [1.82, 2.24) is 14.5 Å². The zero-order chi connectivity index (χ0) is 20.3. The first-order valence-corrected chi connectivity index (χ1v) is 11.4. The molecule has 0 atom stereocenters. The molecule has 2 heterocycles. The van der Waals surface area contributed by atoms with E-state index in [-0.39, 0.29) is 24.3 Å². The third-order valence-electron chi connectivity index (χ3n) is 4.94. The summed E-state index contributed by atoms with van der Waals surface area (Å²) in [6.45, 7) is 2.10. The summed E-state index contributed by atoms with van der Waals surface area (Å²) < 4.78 is 30.5. The van der Waals surface area contributed by atoms with Crippen molar-refractivity contribution in [3.05, 3.63) is 28.8 Å². The number of carbonyl (C=O) groups excluding carboxylic acids is 2. The maximum Gasteiger partial charge on any atom is 0.253 e. The molecule has 1 aromatic rings. The Bertz CT molecular complexity index is 853. The van der Waals surface area contributed by atoms with E-state index in [9.17, 15) is 18.0 Å². The fraction of sp³-hybridized carbons (Fsp3) is 0.556. The fourth-order valence-corrected chi connectivity index (χ4v) is 4.44. The van der Waals surface area contributed by atoms with Gasteiger partial charge < -0.3 is 15.0 Å². The van der Waals surface area contributed by atoms with E-state index in [4.69, 9.17) is 16.3 Å². The molecule has 0 radical (unpaired) electrons. The van der Waals surface area contributed by atoms with Gasteiger partial charge in [-0.2, -0.15) is 0 Å². The number of hydrogen-bond acceptors (Lipinski definition) is 5. The Morgan fingerprint density at radius 2 is 1.93 bits per heavy atom. The van der Waals surface area contributed by atoms with Crippen LogP contribution >= 0.6 is 11.6 Å². The number of carbonyl (C=O) groups is 2. The highest BCUT2D eigenvalue weighted by Gasteiger charge is 2.27. The lowest BCUT2D eigenvalue weighted by atomic mass is 10.1. The maximum absolute atomic E-state index is 12.7. The number of sulfonamides is 1. The van der Waals surface area contributed by atoms with Crippen LogP contribution in [0.3, 0.4) is 0 Å². The third kappa shape index (κ3) is 5.15. The highest BCUT2D eigenvalue weighted by Crippen LogP contribution is 2.29. The van der Waals surface area contributed by atoms with Crippen LogP contribution in [-0.2, 0) is 14.8 Å². The molecule has 0 aliphatic carbocycles. The van der Waals surface area contributed by atoms with Crippen molar-refractivity contribution >= 4 is 33.4 Å². The SMILES string of the molecule is CS(=O)(=O)N1CCC(Oc2ccc(C(=O)N3CCNC(=O)CC3)cc2Cl)CC1. The molecule has 1 N–H and O–H groups in total. The zero-order valence-corrected chi connectivity index (χ0v) is 17.3. The van der Waals surface area contributed by atoms with E-state index in [1.807, 2.05) is 0 Å². The second-order valence-electron chi connectivity index (χ2n) is 7.02. The van der Waals surface area contributed by atoms with Gasteiger partial charge in [0.25, 0.3) is 5.91 Å². The first-order valence-electron chi connectivity index (χ1n) is 9.21. The summed E-state index contributed by atoms with van der Waals surface area (Å²) in [4.78, 5) is 25.7. The van der Waals surface area contributed by atoms with Crippen molar-refractivity contribution in [3.8, 4) is 5.75 Å². The van der Waals surface area contributed by atoms with Crippen LogP contribution in [0.25, 0.3) is 0 Å². The van der Waals surface area contributed by atoms with Gasteiger partial charge in [0.15, 0.2) is 0 Å². The predicted molar refractivity (Wildman–Crippen MR) is 105 cm³/mol. The van der Waals surface area contributed by atoms with Crippen molar-refractivity contribution < 1.29 is 22.7 Å².